The van der Waals surface area contributed by atoms with E-state index < -0.39 is 0 Å². The third-order valence-corrected chi connectivity index (χ3v) is 4.36. The van der Waals surface area contributed by atoms with E-state index >= 15 is 0 Å². The Kier molecular flexibility index (Phi) is 5.36. The van der Waals surface area contributed by atoms with E-state index in [0.717, 1.165) is 5.56 Å². The number of hydrogen-bond acceptors (Lipinski definition) is 4. The van der Waals surface area contributed by atoms with E-state index in [4.69, 9.17) is 21.1 Å². The number of methoxy groups -OCH3 is 1. The van der Waals surface area contributed by atoms with Crippen molar-refractivity contribution in [1.82, 2.24) is 5.32 Å². The highest BCUT2D eigenvalue weighted by atomic mass is 35.5. The van der Waals surface area contributed by atoms with E-state index in [1.807, 2.05) is 19.1 Å². The van der Waals surface area contributed by atoms with Crippen LogP contribution < -0.4 is 14.8 Å². The molecule has 4 nitrogen and oxygen atoms in total. The van der Waals surface area contributed by atoms with Crippen LogP contribution in [-0.4, -0.2) is 31.0 Å². The Labute approximate surface area is 131 Å². The van der Waals surface area contributed by atoms with Gasteiger partial charge < -0.3 is 19.9 Å². The molecule has 1 aromatic carbocycles. The van der Waals surface area contributed by atoms with Gasteiger partial charge in [0, 0.05) is 12.1 Å². The Bertz CT molecular complexity index is 491. The van der Waals surface area contributed by atoms with Crippen molar-refractivity contribution in [1.29, 1.82) is 0 Å². The molecule has 1 unspecified atom stereocenters. The van der Waals surface area contributed by atoms with Crippen LogP contribution in [0.3, 0.4) is 0 Å². The van der Waals surface area contributed by atoms with Crippen molar-refractivity contribution in [2.45, 2.75) is 38.8 Å². The maximum Gasteiger partial charge on any atom is 0.179 e. The summed E-state index contributed by atoms with van der Waals surface area (Å²) in [6, 6.07) is 3.81. The number of benzene rings is 1. The molecule has 0 spiro atoms. The molecule has 2 rings (SSSR count). The number of nitrogens with one attached hydrogen (secondary N) is 1. The van der Waals surface area contributed by atoms with Gasteiger partial charge in [0.15, 0.2) is 11.5 Å². The molecular weight excluding hydrogens is 290 g/mol. The third-order valence-electron chi connectivity index (χ3n) is 4.08. The van der Waals surface area contributed by atoms with E-state index in [-0.39, 0.29) is 12.1 Å². The minimum atomic E-state index is -0.224. The fourth-order valence-corrected chi connectivity index (χ4v) is 2.80. The summed E-state index contributed by atoms with van der Waals surface area (Å²) in [5.41, 5.74) is 0.791. The second kappa shape index (κ2) is 6.86. The van der Waals surface area contributed by atoms with E-state index in [1.165, 1.54) is 12.8 Å². The van der Waals surface area contributed by atoms with Gasteiger partial charge in [0.2, 0.25) is 0 Å². The smallest absolute Gasteiger partial charge is 0.179 e. The van der Waals surface area contributed by atoms with Gasteiger partial charge in [-0.15, -0.1) is 0 Å². The standard InChI is InChI=1S/C16H24ClNO3/c1-4-21-15-13(17)7-11(8-14(15)20-3)9-18-16(2,10-19)12-5-6-12/h7-8,12,18-19H,4-6,9-10H2,1-3H3. The van der Waals surface area contributed by atoms with Crippen molar-refractivity contribution in [2.75, 3.05) is 20.3 Å². The second-order valence-electron chi connectivity index (χ2n) is 5.75. The summed E-state index contributed by atoms with van der Waals surface area (Å²) in [6.07, 6.45) is 2.36. The molecule has 1 saturated carbocycles. The lowest BCUT2D eigenvalue weighted by Crippen LogP contribution is -2.47. The summed E-state index contributed by atoms with van der Waals surface area (Å²) in [7, 11) is 1.60. The Hall–Kier alpha value is -0.970. The molecule has 0 amide bonds. The summed E-state index contributed by atoms with van der Waals surface area (Å²) in [6.45, 7) is 5.29. The van der Waals surface area contributed by atoms with Crippen molar-refractivity contribution >= 4 is 11.6 Å². The first-order valence-corrected chi connectivity index (χ1v) is 7.77. The summed E-state index contributed by atoms with van der Waals surface area (Å²) in [5, 5.41) is 13.6. The van der Waals surface area contributed by atoms with Crippen LogP contribution in [0.25, 0.3) is 0 Å². The van der Waals surface area contributed by atoms with Crippen LogP contribution in [-0.2, 0) is 6.54 Å². The maximum absolute atomic E-state index is 9.61. The highest BCUT2D eigenvalue weighted by Crippen LogP contribution is 2.40. The SMILES string of the molecule is CCOc1c(Cl)cc(CNC(C)(CO)C2CC2)cc1OC. The zero-order valence-corrected chi connectivity index (χ0v) is 13.7. The fraction of sp³-hybridized carbons (Fsp3) is 0.625. The first-order chi connectivity index (χ1) is 10.0. The Balaban J connectivity index is 2.11. The lowest BCUT2D eigenvalue weighted by atomic mass is 9.96. The monoisotopic (exact) mass is 313 g/mol. The number of hydrogen-bond donors (Lipinski definition) is 2. The molecule has 1 aliphatic carbocycles. The lowest BCUT2D eigenvalue weighted by molar-refractivity contribution is 0.153. The van der Waals surface area contributed by atoms with Crippen molar-refractivity contribution in [3.05, 3.63) is 22.7 Å². The third kappa shape index (κ3) is 3.82. The van der Waals surface area contributed by atoms with Gasteiger partial charge in [0.1, 0.15) is 0 Å². The van der Waals surface area contributed by atoms with Gasteiger partial charge in [-0.2, -0.15) is 0 Å². The van der Waals surface area contributed by atoms with Crippen LogP contribution in [0, 0.1) is 5.92 Å². The molecule has 1 fully saturated rings. The van der Waals surface area contributed by atoms with Crippen molar-refractivity contribution in [2.24, 2.45) is 5.92 Å². The topological polar surface area (TPSA) is 50.7 Å². The van der Waals surface area contributed by atoms with Gasteiger partial charge in [-0.05, 0) is 50.3 Å². The summed E-state index contributed by atoms with van der Waals surface area (Å²) < 4.78 is 10.9. The molecule has 0 saturated heterocycles. The van der Waals surface area contributed by atoms with Crippen LogP contribution in [0.2, 0.25) is 5.02 Å². The summed E-state index contributed by atoms with van der Waals surface area (Å²) in [4.78, 5) is 0. The maximum atomic E-state index is 9.61. The van der Waals surface area contributed by atoms with Crippen LogP contribution in [0.5, 0.6) is 11.5 Å². The molecule has 1 aliphatic rings. The minimum absolute atomic E-state index is 0.138. The average Bonchev–Trinajstić information content (AvgIpc) is 3.32. The number of ether oxygens (including phenoxy) is 2. The fourth-order valence-electron chi connectivity index (χ4n) is 2.51. The largest absolute Gasteiger partial charge is 0.493 e. The van der Waals surface area contributed by atoms with Crippen molar-refractivity contribution < 1.29 is 14.6 Å². The molecule has 0 heterocycles. The lowest BCUT2D eigenvalue weighted by Gasteiger charge is -2.29. The zero-order valence-electron chi connectivity index (χ0n) is 12.9. The first kappa shape index (κ1) is 16.4. The quantitative estimate of drug-likeness (QED) is 0.774. The number of aliphatic hydroxyl groups excluding tert-OH is 1. The first-order valence-electron chi connectivity index (χ1n) is 7.39. The molecule has 21 heavy (non-hydrogen) atoms. The van der Waals surface area contributed by atoms with Gasteiger partial charge in [0.25, 0.3) is 0 Å². The number of halogens is 1. The van der Waals surface area contributed by atoms with Gasteiger partial charge in [-0.1, -0.05) is 11.6 Å². The predicted octanol–water partition coefficient (Wildman–Crippen LogP) is 3.00. The van der Waals surface area contributed by atoms with Gasteiger partial charge >= 0.3 is 0 Å². The van der Waals surface area contributed by atoms with Crippen LogP contribution in [0.4, 0.5) is 0 Å². The predicted molar refractivity (Wildman–Crippen MR) is 84.2 cm³/mol. The van der Waals surface area contributed by atoms with Crippen LogP contribution >= 0.6 is 11.6 Å². The van der Waals surface area contributed by atoms with E-state index in [2.05, 4.69) is 12.2 Å². The average molecular weight is 314 g/mol. The molecule has 118 valence electrons. The van der Waals surface area contributed by atoms with Gasteiger partial charge in [-0.3, -0.25) is 0 Å². The Morgan fingerprint density at radius 1 is 1.43 bits per heavy atom. The summed E-state index contributed by atoms with van der Waals surface area (Å²) >= 11 is 6.27. The minimum Gasteiger partial charge on any atom is -0.493 e. The zero-order chi connectivity index (χ0) is 15.5. The van der Waals surface area contributed by atoms with Crippen molar-refractivity contribution in [3.63, 3.8) is 0 Å². The molecule has 5 heteroatoms. The normalized spacial score (nSPS) is 17.4. The van der Waals surface area contributed by atoms with Gasteiger partial charge in [0.05, 0.1) is 25.3 Å². The highest BCUT2D eigenvalue weighted by molar-refractivity contribution is 6.32. The van der Waals surface area contributed by atoms with Gasteiger partial charge in [-0.25, -0.2) is 0 Å². The second-order valence-corrected chi connectivity index (χ2v) is 6.15. The van der Waals surface area contributed by atoms with Crippen molar-refractivity contribution in [3.8, 4) is 11.5 Å². The molecule has 1 aromatic rings. The Morgan fingerprint density at radius 3 is 2.67 bits per heavy atom. The number of rotatable bonds is 8. The molecule has 0 radical (unpaired) electrons. The van der Waals surface area contributed by atoms with Crippen LogP contribution in [0.1, 0.15) is 32.3 Å². The molecule has 0 aliphatic heterocycles. The highest BCUT2D eigenvalue weighted by Gasteiger charge is 2.40. The summed E-state index contributed by atoms with van der Waals surface area (Å²) in [5.74, 6) is 1.78. The van der Waals surface area contributed by atoms with E-state index in [0.29, 0.717) is 35.6 Å². The van der Waals surface area contributed by atoms with Crippen LogP contribution in [0.15, 0.2) is 12.1 Å². The molecule has 2 N–H and O–H groups in total. The Morgan fingerprint density at radius 2 is 2.14 bits per heavy atom. The molecule has 0 aromatic heterocycles. The molecule has 0 bridgehead atoms. The number of aliphatic hydroxyl groups is 1. The van der Waals surface area contributed by atoms with E-state index in [9.17, 15) is 5.11 Å². The molecular formula is C16H24ClNO3. The molecule has 1 atom stereocenters. The van der Waals surface area contributed by atoms with E-state index in [1.54, 1.807) is 7.11 Å².